The van der Waals surface area contributed by atoms with Crippen LogP contribution in [0.15, 0.2) is 54.6 Å². The van der Waals surface area contributed by atoms with Crippen molar-refractivity contribution >= 4 is 6.16 Å². The quantitative estimate of drug-likeness (QED) is 0.582. The Morgan fingerprint density at radius 1 is 0.952 bits per heavy atom. The topological polar surface area (TPSA) is 35.5 Å². The summed E-state index contributed by atoms with van der Waals surface area (Å²) in [5.74, 6) is 0.587. The number of benzene rings is 2. The number of rotatable bonds is 6. The minimum absolute atomic E-state index is 0.318. The minimum atomic E-state index is -0.644. The normalized spacial score (nSPS) is 10.1. The van der Waals surface area contributed by atoms with Gasteiger partial charge in [-0.15, -0.1) is 0 Å². The van der Waals surface area contributed by atoms with E-state index in [9.17, 15) is 4.79 Å². The van der Waals surface area contributed by atoms with Crippen molar-refractivity contribution < 1.29 is 14.3 Å². The van der Waals surface area contributed by atoms with Gasteiger partial charge >= 0.3 is 6.16 Å². The molecule has 0 radical (unpaired) electrons. The molecular formula is C18H20O3. The first kappa shape index (κ1) is 15.1. The van der Waals surface area contributed by atoms with Crippen LogP contribution in [0, 0.1) is 0 Å². The molecule has 3 heteroatoms. The second kappa shape index (κ2) is 8.10. The fourth-order valence-electron chi connectivity index (χ4n) is 2.10. The average Bonchev–Trinajstić information content (AvgIpc) is 2.50. The second-order valence-corrected chi connectivity index (χ2v) is 4.79. The molecule has 0 aliphatic heterocycles. The van der Waals surface area contributed by atoms with E-state index in [-0.39, 0.29) is 0 Å². The Hall–Kier alpha value is -2.29. The number of ether oxygens (including phenoxy) is 2. The molecular weight excluding hydrogens is 264 g/mol. The van der Waals surface area contributed by atoms with E-state index >= 15 is 0 Å². The van der Waals surface area contributed by atoms with Crippen molar-refractivity contribution in [3.63, 3.8) is 0 Å². The number of hydrogen-bond donors (Lipinski definition) is 0. The van der Waals surface area contributed by atoms with E-state index in [0.717, 1.165) is 24.0 Å². The number of hydrogen-bond acceptors (Lipinski definition) is 3. The second-order valence-electron chi connectivity index (χ2n) is 4.79. The van der Waals surface area contributed by atoms with Crippen LogP contribution >= 0.6 is 0 Å². The van der Waals surface area contributed by atoms with Crippen LogP contribution < -0.4 is 4.74 Å². The molecule has 0 saturated carbocycles. The van der Waals surface area contributed by atoms with Crippen molar-refractivity contribution in [2.24, 2.45) is 0 Å². The average molecular weight is 284 g/mol. The van der Waals surface area contributed by atoms with Gasteiger partial charge in [0, 0.05) is 6.42 Å². The lowest BCUT2D eigenvalue weighted by Crippen LogP contribution is -2.13. The van der Waals surface area contributed by atoms with Gasteiger partial charge in [-0.2, -0.15) is 0 Å². The monoisotopic (exact) mass is 284 g/mol. The molecule has 0 aliphatic carbocycles. The Kier molecular flexibility index (Phi) is 5.83. The van der Waals surface area contributed by atoms with Crippen LogP contribution in [0.4, 0.5) is 4.79 Å². The summed E-state index contributed by atoms with van der Waals surface area (Å²) in [6, 6.07) is 17.5. The minimum Gasteiger partial charge on any atom is -0.434 e. The van der Waals surface area contributed by atoms with Gasteiger partial charge in [-0.1, -0.05) is 61.9 Å². The Morgan fingerprint density at radius 3 is 2.43 bits per heavy atom. The molecule has 0 spiro atoms. The smallest absolute Gasteiger partial charge is 0.434 e. The Labute approximate surface area is 125 Å². The van der Waals surface area contributed by atoms with Crippen LogP contribution in [0.3, 0.4) is 0 Å². The van der Waals surface area contributed by atoms with Crippen LogP contribution in [-0.2, 0) is 17.6 Å². The lowest BCUT2D eigenvalue weighted by atomic mass is 10.1. The van der Waals surface area contributed by atoms with Crippen molar-refractivity contribution in [3.05, 3.63) is 65.7 Å². The van der Waals surface area contributed by atoms with Crippen molar-refractivity contribution in [3.8, 4) is 5.75 Å². The molecule has 0 atom stereocenters. The Bertz CT molecular complexity index is 564. The van der Waals surface area contributed by atoms with Gasteiger partial charge in [0.25, 0.3) is 0 Å². The first-order chi connectivity index (χ1) is 10.3. The van der Waals surface area contributed by atoms with E-state index in [0.29, 0.717) is 18.8 Å². The van der Waals surface area contributed by atoms with Crippen LogP contribution in [-0.4, -0.2) is 12.8 Å². The third-order valence-electron chi connectivity index (χ3n) is 3.14. The highest BCUT2D eigenvalue weighted by Crippen LogP contribution is 2.20. The molecule has 0 unspecified atom stereocenters. The molecule has 0 aliphatic rings. The van der Waals surface area contributed by atoms with Crippen molar-refractivity contribution in [1.29, 1.82) is 0 Å². The zero-order chi connectivity index (χ0) is 14.9. The number of aryl methyl sites for hydroxylation is 1. The van der Waals surface area contributed by atoms with Gasteiger partial charge in [0.1, 0.15) is 5.75 Å². The molecule has 0 heterocycles. The predicted octanol–water partition coefficient (Wildman–Crippen LogP) is 4.40. The lowest BCUT2D eigenvalue weighted by molar-refractivity contribution is 0.0998. The molecule has 2 aromatic rings. The zero-order valence-corrected chi connectivity index (χ0v) is 12.2. The lowest BCUT2D eigenvalue weighted by Gasteiger charge is -2.09. The summed E-state index contributed by atoms with van der Waals surface area (Å²) < 4.78 is 10.4. The number of carbonyl (C=O) groups is 1. The van der Waals surface area contributed by atoms with Gasteiger partial charge in [0.15, 0.2) is 0 Å². The molecule has 0 fully saturated rings. The molecule has 0 bridgehead atoms. The van der Waals surface area contributed by atoms with Crippen LogP contribution in [0.2, 0.25) is 0 Å². The summed E-state index contributed by atoms with van der Waals surface area (Å²) in [6.45, 7) is 2.41. The largest absolute Gasteiger partial charge is 0.513 e. The van der Waals surface area contributed by atoms with Gasteiger partial charge < -0.3 is 9.47 Å². The maximum absolute atomic E-state index is 11.7. The van der Waals surface area contributed by atoms with E-state index in [1.807, 2.05) is 48.5 Å². The molecule has 2 aromatic carbocycles. The Morgan fingerprint density at radius 2 is 1.67 bits per heavy atom. The summed E-state index contributed by atoms with van der Waals surface area (Å²) in [5.41, 5.74) is 2.16. The molecule has 110 valence electrons. The summed E-state index contributed by atoms with van der Waals surface area (Å²) in [7, 11) is 0. The fraction of sp³-hybridized carbons (Fsp3) is 0.278. The van der Waals surface area contributed by atoms with Gasteiger partial charge in [-0.05, 0) is 23.6 Å². The highest BCUT2D eigenvalue weighted by atomic mass is 16.7. The third-order valence-corrected chi connectivity index (χ3v) is 3.14. The summed E-state index contributed by atoms with van der Waals surface area (Å²) in [6.07, 6.45) is 1.93. The SMILES string of the molecule is CCCc1ccccc1OC(=O)OCCc1ccccc1. The fourth-order valence-corrected chi connectivity index (χ4v) is 2.10. The molecule has 0 N–H and O–H groups in total. The predicted molar refractivity (Wildman–Crippen MR) is 82.6 cm³/mol. The highest BCUT2D eigenvalue weighted by Gasteiger charge is 2.09. The molecule has 2 rings (SSSR count). The van der Waals surface area contributed by atoms with E-state index in [1.54, 1.807) is 6.07 Å². The summed E-state index contributed by atoms with van der Waals surface area (Å²) in [4.78, 5) is 11.7. The van der Waals surface area contributed by atoms with Crippen molar-refractivity contribution in [2.45, 2.75) is 26.2 Å². The van der Waals surface area contributed by atoms with Gasteiger partial charge in [-0.25, -0.2) is 4.79 Å². The molecule has 3 nitrogen and oxygen atoms in total. The number of carbonyl (C=O) groups excluding carboxylic acids is 1. The third kappa shape index (κ3) is 4.95. The molecule has 0 aromatic heterocycles. The van der Waals surface area contributed by atoms with Crippen LogP contribution in [0.25, 0.3) is 0 Å². The van der Waals surface area contributed by atoms with Gasteiger partial charge in [0.05, 0.1) is 6.61 Å². The zero-order valence-electron chi connectivity index (χ0n) is 12.2. The van der Waals surface area contributed by atoms with Crippen LogP contribution in [0.1, 0.15) is 24.5 Å². The molecule has 0 amide bonds. The van der Waals surface area contributed by atoms with E-state index in [1.165, 1.54) is 0 Å². The van der Waals surface area contributed by atoms with E-state index < -0.39 is 6.16 Å². The highest BCUT2D eigenvalue weighted by molar-refractivity contribution is 5.64. The molecule has 21 heavy (non-hydrogen) atoms. The summed E-state index contributed by atoms with van der Waals surface area (Å²) in [5, 5.41) is 0. The maximum atomic E-state index is 11.7. The van der Waals surface area contributed by atoms with Crippen LogP contribution in [0.5, 0.6) is 5.75 Å². The first-order valence-electron chi connectivity index (χ1n) is 7.26. The maximum Gasteiger partial charge on any atom is 0.513 e. The van der Waals surface area contributed by atoms with Crippen molar-refractivity contribution in [1.82, 2.24) is 0 Å². The van der Waals surface area contributed by atoms with E-state index in [2.05, 4.69) is 6.92 Å². The summed E-state index contributed by atoms with van der Waals surface area (Å²) >= 11 is 0. The molecule has 0 saturated heterocycles. The number of para-hydroxylation sites is 1. The Balaban J connectivity index is 1.82. The van der Waals surface area contributed by atoms with Gasteiger partial charge in [-0.3, -0.25) is 0 Å². The standard InChI is InChI=1S/C18H20O3/c1-2-8-16-11-6-7-12-17(16)21-18(19)20-14-13-15-9-4-3-5-10-15/h3-7,9-12H,2,8,13-14H2,1H3. The van der Waals surface area contributed by atoms with Gasteiger partial charge in [0.2, 0.25) is 0 Å². The van der Waals surface area contributed by atoms with Crippen molar-refractivity contribution in [2.75, 3.05) is 6.61 Å². The first-order valence-corrected chi connectivity index (χ1v) is 7.26. The van der Waals surface area contributed by atoms with E-state index in [4.69, 9.17) is 9.47 Å².